The highest BCUT2D eigenvalue weighted by molar-refractivity contribution is 5.99. The van der Waals surface area contributed by atoms with Crippen LogP contribution in [0.15, 0.2) is 67.5 Å². The average Bonchev–Trinajstić information content (AvgIpc) is 3.71. The molecule has 5 heterocycles. The molecule has 0 radical (unpaired) electrons. The first-order chi connectivity index (χ1) is 19.6. The van der Waals surface area contributed by atoms with Crippen molar-refractivity contribution in [1.29, 1.82) is 0 Å². The van der Waals surface area contributed by atoms with Crippen LogP contribution in [0.25, 0.3) is 50.1 Å². The second-order valence-corrected chi connectivity index (χ2v) is 10.7. The molecular weight excluding hydrogens is 500 g/mol. The van der Waals surface area contributed by atoms with Crippen molar-refractivity contribution in [1.82, 2.24) is 34.7 Å². The Morgan fingerprint density at radius 1 is 1.02 bits per heavy atom. The van der Waals surface area contributed by atoms with Crippen LogP contribution in [-0.2, 0) is 4.79 Å². The SMILES string of the molecule is Cc1cn(-c2cccc3[nH]c(-c4n[nH]c5cnc(-c6cncc(NC(=O)CC7CCCCC7)c6)cc45)cc23)cn1. The molecule has 0 saturated heterocycles. The predicted molar refractivity (Wildman–Crippen MR) is 156 cm³/mol. The minimum absolute atomic E-state index is 0.0513. The Bertz CT molecular complexity index is 1840. The van der Waals surface area contributed by atoms with E-state index in [9.17, 15) is 4.79 Å². The van der Waals surface area contributed by atoms with Gasteiger partial charge in [-0.05, 0) is 56.0 Å². The van der Waals surface area contributed by atoms with Gasteiger partial charge in [-0.1, -0.05) is 25.3 Å². The van der Waals surface area contributed by atoms with Gasteiger partial charge in [-0.2, -0.15) is 5.10 Å². The second kappa shape index (κ2) is 10.1. The maximum Gasteiger partial charge on any atom is 0.224 e. The summed E-state index contributed by atoms with van der Waals surface area (Å²) in [6, 6.07) is 12.3. The Morgan fingerprint density at radius 3 is 2.77 bits per heavy atom. The minimum Gasteiger partial charge on any atom is -0.353 e. The van der Waals surface area contributed by atoms with E-state index >= 15 is 0 Å². The van der Waals surface area contributed by atoms with Gasteiger partial charge in [0.15, 0.2) is 0 Å². The fourth-order valence-corrected chi connectivity index (χ4v) is 5.84. The number of nitrogens with one attached hydrogen (secondary N) is 3. The molecule has 1 fully saturated rings. The van der Waals surface area contributed by atoms with E-state index in [0.717, 1.165) is 68.7 Å². The van der Waals surface area contributed by atoms with Gasteiger partial charge in [0, 0.05) is 40.7 Å². The molecule has 0 spiro atoms. The molecule has 1 aliphatic rings. The molecule has 0 unspecified atom stereocenters. The first-order valence-electron chi connectivity index (χ1n) is 13.8. The summed E-state index contributed by atoms with van der Waals surface area (Å²) in [5.74, 6) is 0.536. The second-order valence-electron chi connectivity index (χ2n) is 10.7. The number of benzene rings is 1. The molecule has 6 aromatic rings. The summed E-state index contributed by atoms with van der Waals surface area (Å²) in [7, 11) is 0. The number of imidazole rings is 1. The first-order valence-corrected chi connectivity index (χ1v) is 13.8. The topological polar surface area (TPSA) is 117 Å². The molecule has 7 rings (SSSR count). The van der Waals surface area contributed by atoms with Crippen LogP contribution in [0.4, 0.5) is 5.69 Å². The van der Waals surface area contributed by atoms with Crippen molar-refractivity contribution < 1.29 is 4.79 Å². The molecule has 200 valence electrons. The highest BCUT2D eigenvalue weighted by atomic mass is 16.1. The molecular formula is C31H30N8O. The van der Waals surface area contributed by atoms with Gasteiger partial charge in [0.1, 0.15) is 5.69 Å². The predicted octanol–water partition coefficient (Wildman–Crippen LogP) is 6.57. The monoisotopic (exact) mass is 530 g/mol. The molecule has 1 saturated carbocycles. The van der Waals surface area contributed by atoms with E-state index in [4.69, 9.17) is 0 Å². The summed E-state index contributed by atoms with van der Waals surface area (Å²) >= 11 is 0. The number of hydrogen-bond donors (Lipinski definition) is 3. The molecule has 9 heteroatoms. The lowest BCUT2D eigenvalue weighted by Crippen LogP contribution is -2.18. The number of aromatic nitrogens is 7. The number of fused-ring (bicyclic) bond motifs is 2. The largest absolute Gasteiger partial charge is 0.353 e. The molecule has 0 bridgehead atoms. The Labute approximate surface area is 231 Å². The summed E-state index contributed by atoms with van der Waals surface area (Å²) in [5.41, 5.74) is 7.88. The van der Waals surface area contributed by atoms with Gasteiger partial charge >= 0.3 is 0 Å². The zero-order valence-corrected chi connectivity index (χ0v) is 22.3. The minimum atomic E-state index is 0.0513. The lowest BCUT2D eigenvalue weighted by molar-refractivity contribution is -0.117. The van der Waals surface area contributed by atoms with Crippen LogP contribution in [0.2, 0.25) is 0 Å². The number of nitrogens with zero attached hydrogens (tertiary/aromatic N) is 5. The number of H-pyrrole nitrogens is 2. The van der Waals surface area contributed by atoms with Gasteiger partial charge in [0.05, 0.1) is 52.7 Å². The van der Waals surface area contributed by atoms with Gasteiger partial charge in [-0.25, -0.2) is 4.98 Å². The van der Waals surface area contributed by atoms with Gasteiger partial charge in [-0.3, -0.25) is 19.9 Å². The van der Waals surface area contributed by atoms with Gasteiger partial charge < -0.3 is 14.9 Å². The summed E-state index contributed by atoms with van der Waals surface area (Å²) in [6.07, 6.45) is 15.7. The zero-order valence-electron chi connectivity index (χ0n) is 22.3. The van der Waals surface area contributed by atoms with Crippen molar-refractivity contribution in [2.45, 2.75) is 45.4 Å². The third-order valence-electron chi connectivity index (χ3n) is 7.85. The van der Waals surface area contributed by atoms with Crippen LogP contribution < -0.4 is 5.32 Å². The summed E-state index contributed by atoms with van der Waals surface area (Å²) in [4.78, 5) is 29.6. The standard InChI is InChI=1S/C31H30N8O/c1-19-17-39(18-34-19)29-9-5-8-25-23(29)12-27(36-25)31-24-13-26(33-16-28(24)37-38-31)21-11-22(15-32-14-21)35-30(40)10-20-6-3-2-4-7-20/h5,8-9,11-18,20,36H,2-4,6-7,10H2,1H3,(H,35,40)(H,37,38). The number of aromatic amines is 2. The molecule has 1 aromatic carbocycles. The lowest BCUT2D eigenvalue weighted by Gasteiger charge is -2.20. The number of aryl methyl sites for hydroxylation is 1. The lowest BCUT2D eigenvalue weighted by atomic mass is 9.87. The maximum absolute atomic E-state index is 12.7. The van der Waals surface area contributed by atoms with Crippen molar-refractivity contribution in [2.24, 2.45) is 5.92 Å². The van der Waals surface area contributed by atoms with Gasteiger partial charge in [0.2, 0.25) is 5.91 Å². The Hall–Kier alpha value is -4.79. The van der Waals surface area contributed by atoms with E-state index in [0.29, 0.717) is 18.0 Å². The van der Waals surface area contributed by atoms with Crippen molar-refractivity contribution in [3.63, 3.8) is 0 Å². The Morgan fingerprint density at radius 2 is 1.93 bits per heavy atom. The molecule has 40 heavy (non-hydrogen) atoms. The molecule has 5 aromatic heterocycles. The van der Waals surface area contributed by atoms with Gasteiger partial charge in [-0.15, -0.1) is 0 Å². The smallest absolute Gasteiger partial charge is 0.224 e. The van der Waals surface area contributed by atoms with Crippen LogP contribution in [0.5, 0.6) is 0 Å². The number of carbonyl (C=O) groups excluding carboxylic acids is 1. The normalized spacial score (nSPS) is 14.2. The van der Waals surface area contributed by atoms with E-state index in [1.807, 2.05) is 42.2 Å². The van der Waals surface area contributed by atoms with E-state index in [1.165, 1.54) is 19.3 Å². The van der Waals surface area contributed by atoms with Gasteiger partial charge in [0.25, 0.3) is 0 Å². The van der Waals surface area contributed by atoms with Crippen LogP contribution in [0.1, 0.15) is 44.2 Å². The number of hydrogen-bond acceptors (Lipinski definition) is 5. The third-order valence-corrected chi connectivity index (χ3v) is 7.85. The zero-order chi connectivity index (χ0) is 27.1. The maximum atomic E-state index is 12.7. The average molecular weight is 531 g/mol. The highest BCUT2D eigenvalue weighted by Crippen LogP contribution is 2.33. The van der Waals surface area contributed by atoms with E-state index in [-0.39, 0.29) is 5.91 Å². The molecule has 1 aliphatic carbocycles. The number of rotatable bonds is 6. The summed E-state index contributed by atoms with van der Waals surface area (Å²) in [5, 5.41) is 12.8. The first kappa shape index (κ1) is 24.3. The number of anilines is 1. The van der Waals surface area contributed by atoms with Crippen LogP contribution >= 0.6 is 0 Å². The third kappa shape index (κ3) is 4.64. The van der Waals surface area contributed by atoms with Crippen molar-refractivity contribution >= 4 is 33.4 Å². The van der Waals surface area contributed by atoms with Crippen LogP contribution in [0, 0.1) is 12.8 Å². The number of carbonyl (C=O) groups is 1. The van der Waals surface area contributed by atoms with Crippen molar-refractivity contribution in [2.75, 3.05) is 5.32 Å². The number of pyridine rings is 2. The summed E-state index contributed by atoms with van der Waals surface area (Å²) < 4.78 is 2.04. The number of amides is 1. The molecule has 0 aliphatic heterocycles. The van der Waals surface area contributed by atoms with Crippen LogP contribution in [-0.4, -0.2) is 40.6 Å². The Kier molecular flexibility index (Phi) is 6.11. The molecule has 9 nitrogen and oxygen atoms in total. The van der Waals surface area contributed by atoms with E-state index in [1.54, 1.807) is 18.6 Å². The van der Waals surface area contributed by atoms with Crippen LogP contribution in [0.3, 0.4) is 0 Å². The summed E-state index contributed by atoms with van der Waals surface area (Å²) in [6.45, 7) is 1.98. The molecule has 1 amide bonds. The Balaban J connectivity index is 1.19. The van der Waals surface area contributed by atoms with Crippen molar-refractivity contribution in [3.05, 3.63) is 73.2 Å². The van der Waals surface area contributed by atoms with E-state index < -0.39 is 0 Å². The molecule has 0 atom stereocenters. The fourth-order valence-electron chi connectivity index (χ4n) is 5.84. The fraction of sp³-hybridized carbons (Fsp3) is 0.258. The highest BCUT2D eigenvalue weighted by Gasteiger charge is 2.18. The van der Waals surface area contributed by atoms with Crippen molar-refractivity contribution in [3.8, 4) is 28.3 Å². The van der Waals surface area contributed by atoms with E-state index in [2.05, 4.69) is 53.6 Å². The quantitative estimate of drug-likeness (QED) is 0.225. The molecule has 3 N–H and O–H groups in total.